The summed E-state index contributed by atoms with van der Waals surface area (Å²) >= 11 is 0. The number of carbonyl (C=O) groups excluding carboxylic acids is 1. The zero-order chi connectivity index (χ0) is 22.1. The number of carboxylic acid groups (broad SMARTS) is 1. The predicted molar refractivity (Wildman–Crippen MR) is 110 cm³/mol. The molecule has 1 atom stereocenters. The number of nitrogens with zero attached hydrogens (tertiary/aromatic N) is 4. The summed E-state index contributed by atoms with van der Waals surface area (Å²) in [6.07, 6.45) is 2.01. The molecule has 1 aliphatic heterocycles. The number of fused-ring (bicyclic) bond motifs is 1. The van der Waals surface area contributed by atoms with E-state index < -0.39 is 6.09 Å². The molecule has 1 N–H and O–H groups in total. The van der Waals surface area contributed by atoms with Crippen molar-refractivity contribution in [3.05, 3.63) is 30.1 Å². The molecule has 0 spiro atoms. The molecule has 1 saturated heterocycles. The van der Waals surface area contributed by atoms with Gasteiger partial charge in [-0.15, -0.1) is 0 Å². The predicted octanol–water partition coefficient (Wildman–Crippen LogP) is -0.588. The largest absolute Gasteiger partial charge is 1.00 e. The molecule has 2 aliphatic rings. The number of hydrogen-bond donors (Lipinski definition) is 1. The number of para-hydroxylation sites is 1. The minimum atomic E-state index is -0.849. The van der Waals surface area contributed by atoms with Gasteiger partial charge in [-0.1, -0.05) is 32.0 Å². The van der Waals surface area contributed by atoms with Crippen LogP contribution in [0.15, 0.2) is 24.3 Å². The molecule has 1 aromatic carbocycles. The SMILES string of the molecule is CC.CC(c1nc([O-])c2ccccc2n1)N(C=O)C1CC1.O=C(O)N1CCOCC1.[K+]. The van der Waals surface area contributed by atoms with Gasteiger partial charge >= 0.3 is 57.5 Å². The Bertz CT molecular complexity index is 844. The molecule has 0 radical (unpaired) electrons. The van der Waals surface area contributed by atoms with Crippen molar-refractivity contribution in [3.8, 4) is 5.88 Å². The molecule has 2 aromatic rings. The maximum absolute atomic E-state index is 11.9. The first-order valence-electron chi connectivity index (χ1n) is 10.2. The zero-order valence-electron chi connectivity index (χ0n) is 18.7. The van der Waals surface area contributed by atoms with Gasteiger partial charge in [-0.05, 0) is 31.7 Å². The molecule has 1 aromatic heterocycles. The average Bonchev–Trinajstić information content (AvgIpc) is 3.62. The number of carbonyl (C=O) groups is 2. The van der Waals surface area contributed by atoms with E-state index in [1.54, 1.807) is 23.1 Å². The van der Waals surface area contributed by atoms with Crippen LogP contribution in [-0.4, -0.2) is 69.7 Å². The molecule has 9 nitrogen and oxygen atoms in total. The van der Waals surface area contributed by atoms with Crippen LogP contribution in [0.3, 0.4) is 0 Å². The maximum atomic E-state index is 11.9. The Balaban J connectivity index is 0.000000340. The van der Waals surface area contributed by atoms with Gasteiger partial charge in [0.1, 0.15) is 0 Å². The molecule has 1 aliphatic carbocycles. The van der Waals surface area contributed by atoms with Crippen molar-refractivity contribution in [2.45, 2.75) is 45.7 Å². The van der Waals surface area contributed by atoms with Gasteiger partial charge < -0.3 is 24.7 Å². The van der Waals surface area contributed by atoms with Crippen LogP contribution in [0, 0.1) is 0 Å². The second kappa shape index (κ2) is 14.0. The van der Waals surface area contributed by atoms with E-state index in [9.17, 15) is 14.7 Å². The van der Waals surface area contributed by atoms with Gasteiger partial charge in [-0.2, -0.15) is 0 Å². The molecule has 2 heterocycles. The smallest absolute Gasteiger partial charge is 0.858 e. The molecule has 0 bridgehead atoms. The van der Waals surface area contributed by atoms with Crippen molar-refractivity contribution in [3.63, 3.8) is 0 Å². The molecule has 2 fully saturated rings. The van der Waals surface area contributed by atoms with Crippen molar-refractivity contribution in [2.75, 3.05) is 26.3 Å². The van der Waals surface area contributed by atoms with Crippen LogP contribution in [-0.2, 0) is 9.53 Å². The van der Waals surface area contributed by atoms with Crippen molar-refractivity contribution in [2.24, 2.45) is 0 Å². The van der Waals surface area contributed by atoms with Gasteiger partial charge in [0.25, 0.3) is 0 Å². The van der Waals surface area contributed by atoms with E-state index in [2.05, 4.69) is 9.97 Å². The molecular weight excluding hydrogens is 427 g/mol. The zero-order valence-corrected chi connectivity index (χ0v) is 21.8. The van der Waals surface area contributed by atoms with Crippen LogP contribution in [0.5, 0.6) is 5.88 Å². The maximum Gasteiger partial charge on any atom is 1.00 e. The molecule has 1 unspecified atom stereocenters. The van der Waals surface area contributed by atoms with Crippen LogP contribution in [0.2, 0.25) is 0 Å². The Morgan fingerprint density at radius 2 is 1.87 bits per heavy atom. The standard InChI is InChI=1S/C14H15N3O2.C5H9NO3.C2H6.K/c1-9(17(8-18)10-6-7-10)13-15-12-5-3-2-4-11(12)14(19)16-13;7-5(8)6-1-3-9-4-2-6;1-2;/h2-5,8-10H,6-7H2,1H3,(H,15,16,19);1-4H2,(H,7,8);1-2H3;/q;;;+1/p-1. The van der Waals surface area contributed by atoms with Gasteiger partial charge in [0.05, 0.1) is 24.8 Å². The summed E-state index contributed by atoms with van der Waals surface area (Å²) in [4.78, 5) is 32.8. The van der Waals surface area contributed by atoms with Gasteiger partial charge in [0, 0.05) is 24.5 Å². The van der Waals surface area contributed by atoms with Crippen LogP contribution < -0.4 is 56.5 Å². The number of rotatable bonds is 4. The summed E-state index contributed by atoms with van der Waals surface area (Å²) in [7, 11) is 0. The Hall–Kier alpha value is -1.30. The third kappa shape index (κ3) is 7.96. The first-order chi connectivity index (χ1) is 14.5. The summed E-state index contributed by atoms with van der Waals surface area (Å²) in [6, 6.07) is 7.14. The summed E-state index contributed by atoms with van der Waals surface area (Å²) < 4.78 is 4.94. The number of hydrogen-bond acceptors (Lipinski definition) is 6. The Labute approximate surface area is 225 Å². The fraction of sp³-hybridized carbons (Fsp3) is 0.524. The van der Waals surface area contributed by atoms with Crippen molar-refractivity contribution in [1.29, 1.82) is 0 Å². The molecule has 31 heavy (non-hydrogen) atoms. The van der Waals surface area contributed by atoms with Crippen molar-refractivity contribution < 1.29 is 75.9 Å². The summed E-state index contributed by atoms with van der Waals surface area (Å²) in [6.45, 7) is 7.94. The Morgan fingerprint density at radius 1 is 1.26 bits per heavy atom. The van der Waals surface area contributed by atoms with E-state index >= 15 is 0 Å². The first-order valence-corrected chi connectivity index (χ1v) is 10.2. The Morgan fingerprint density at radius 3 is 2.39 bits per heavy atom. The topological polar surface area (TPSA) is 119 Å². The number of amides is 2. The van der Waals surface area contributed by atoms with Crippen LogP contribution in [0.4, 0.5) is 4.79 Å². The van der Waals surface area contributed by atoms with Crippen molar-refractivity contribution in [1.82, 2.24) is 19.8 Å². The second-order valence-electron chi connectivity index (χ2n) is 6.75. The fourth-order valence-electron chi connectivity index (χ4n) is 3.01. The van der Waals surface area contributed by atoms with Gasteiger partial charge in [-0.3, -0.25) is 4.79 Å². The van der Waals surface area contributed by atoms with E-state index in [1.807, 2.05) is 26.8 Å². The summed E-state index contributed by atoms with van der Waals surface area (Å²) in [5.74, 6) is 0.136. The molecule has 2 amide bonds. The van der Waals surface area contributed by atoms with Crippen LogP contribution in [0.1, 0.15) is 45.5 Å². The van der Waals surface area contributed by atoms with E-state index in [-0.39, 0.29) is 69.3 Å². The van der Waals surface area contributed by atoms with E-state index in [0.29, 0.717) is 43.0 Å². The Kier molecular flexibility index (Phi) is 12.5. The number of aromatic nitrogens is 2. The van der Waals surface area contributed by atoms with Gasteiger partial charge in [0.2, 0.25) is 6.41 Å². The minimum absolute atomic E-state index is 0. The molecule has 1 saturated carbocycles. The van der Waals surface area contributed by atoms with Gasteiger partial charge in [-0.25, -0.2) is 14.8 Å². The monoisotopic (exact) mass is 456 g/mol. The number of morpholine rings is 1. The van der Waals surface area contributed by atoms with Crippen molar-refractivity contribution >= 4 is 23.4 Å². The van der Waals surface area contributed by atoms with E-state index in [1.165, 1.54) is 4.90 Å². The summed E-state index contributed by atoms with van der Waals surface area (Å²) in [5, 5.41) is 20.9. The first kappa shape index (κ1) is 27.7. The normalized spacial score (nSPS) is 15.9. The average molecular weight is 457 g/mol. The quantitative estimate of drug-likeness (QED) is 0.483. The van der Waals surface area contributed by atoms with E-state index in [0.717, 1.165) is 19.3 Å². The molecule has 10 heteroatoms. The third-order valence-corrected chi connectivity index (χ3v) is 4.78. The summed E-state index contributed by atoms with van der Waals surface area (Å²) in [5.41, 5.74) is 0.631. The number of ether oxygens (including phenoxy) is 1. The number of benzene rings is 1. The molecular formula is C21H29KN4O5. The molecule has 164 valence electrons. The third-order valence-electron chi connectivity index (χ3n) is 4.78. The van der Waals surface area contributed by atoms with E-state index in [4.69, 9.17) is 9.84 Å². The minimum Gasteiger partial charge on any atom is -0.858 e. The second-order valence-corrected chi connectivity index (χ2v) is 6.75. The van der Waals surface area contributed by atoms with Gasteiger partial charge in [0.15, 0.2) is 5.82 Å². The van der Waals surface area contributed by atoms with Crippen LogP contribution >= 0.6 is 0 Å². The molecule has 4 rings (SSSR count). The fourth-order valence-corrected chi connectivity index (χ4v) is 3.01. The van der Waals surface area contributed by atoms with Crippen LogP contribution in [0.25, 0.3) is 10.9 Å².